The summed E-state index contributed by atoms with van der Waals surface area (Å²) in [6.07, 6.45) is 2.76. The van der Waals surface area contributed by atoms with Crippen molar-refractivity contribution in [2.45, 2.75) is 38.1 Å². The zero-order valence-corrected chi connectivity index (χ0v) is 9.84. The molecule has 2 atom stereocenters. The summed E-state index contributed by atoms with van der Waals surface area (Å²) in [5.41, 5.74) is 1.18. The SMILES string of the molecule is N#CC[C@@H]1CC[C@@H](COCc2ccccc2)O1. The van der Waals surface area contributed by atoms with E-state index in [9.17, 15) is 0 Å². The van der Waals surface area contributed by atoms with E-state index in [0.717, 1.165) is 12.8 Å². The zero-order valence-electron chi connectivity index (χ0n) is 9.84. The number of hydrogen-bond acceptors (Lipinski definition) is 3. The van der Waals surface area contributed by atoms with E-state index in [4.69, 9.17) is 14.7 Å². The van der Waals surface area contributed by atoms with Crippen molar-refractivity contribution in [3.05, 3.63) is 35.9 Å². The summed E-state index contributed by atoms with van der Waals surface area (Å²) in [6, 6.07) is 12.3. The molecular formula is C14H17NO2. The lowest BCUT2D eigenvalue weighted by molar-refractivity contribution is -0.0181. The summed E-state index contributed by atoms with van der Waals surface area (Å²) < 4.78 is 11.3. The molecule has 0 spiro atoms. The summed E-state index contributed by atoms with van der Waals surface area (Å²) in [4.78, 5) is 0. The molecule has 0 amide bonds. The van der Waals surface area contributed by atoms with Gasteiger partial charge < -0.3 is 9.47 Å². The third-order valence-electron chi connectivity index (χ3n) is 2.93. The largest absolute Gasteiger partial charge is 0.374 e. The third-order valence-corrected chi connectivity index (χ3v) is 2.93. The average molecular weight is 231 g/mol. The van der Waals surface area contributed by atoms with Crippen LogP contribution in [0.1, 0.15) is 24.8 Å². The van der Waals surface area contributed by atoms with E-state index >= 15 is 0 Å². The summed E-state index contributed by atoms with van der Waals surface area (Å²) in [7, 11) is 0. The average Bonchev–Trinajstić information content (AvgIpc) is 2.79. The highest BCUT2D eigenvalue weighted by Gasteiger charge is 2.24. The topological polar surface area (TPSA) is 42.2 Å². The second-order valence-corrected chi connectivity index (χ2v) is 4.32. The molecule has 0 unspecified atom stereocenters. The first-order chi connectivity index (χ1) is 8.38. The normalized spacial score (nSPS) is 23.5. The zero-order chi connectivity index (χ0) is 11.9. The van der Waals surface area contributed by atoms with Crippen LogP contribution in [0.15, 0.2) is 30.3 Å². The molecule has 1 heterocycles. The molecule has 0 N–H and O–H groups in total. The van der Waals surface area contributed by atoms with Crippen molar-refractivity contribution < 1.29 is 9.47 Å². The van der Waals surface area contributed by atoms with Crippen LogP contribution in [0.5, 0.6) is 0 Å². The highest BCUT2D eigenvalue weighted by molar-refractivity contribution is 5.13. The second-order valence-electron chi connectivity index (χ2n) is 4.32. The minimum atomic E-state index is 0.116. The third kappa shape index (κ3) is 3.85. The van der Waals surface area contributed by atoms with Gasteiger partial charge in [-0.05, 0) is 18.4 Å². The van der Waals surface area contributed by atoms with Gasteiger partial charge in [0.25, 0.3) is 0 Å². The van der Waals surface area contributed by atoms with Crippen LogP contribution in [-0.4, -0.2) is 18.8 Å². The molecule has 1 fully saturated rings. The van der Waals surface area contributed by atoms with Gasteiger partial charge in [0.15, 0.2) is 0 Å². The van der Waals surface area contributed by atoms with Gasteiger partial charge in [-0.25, -0.2) is 0 Å². The minimum absolute atomic E-state index is 0.116. The molecule has 3 heteroatoms. The van der Waals surface area contributed by atoms with Gasteiger partial charge in [0.1, 0.15) is 0 Å². The monoisotopic (exact) mass is 231 g/mol. The summed E-state index contributed by atoms with van der Waals surface area (Å²) in [5, 5.41) is 8.58. The van der Waals surface area contributed by atoms with E-state index in [2.05, 4.69) is 6.07 Å². The van der Waals surface area contributed by atoms with Crippen LogP contribution in [0, 0.1) is 11.3 Å². The fraction of sp³-hybridized carbons (Fsp3) is 0.500. The van der Waals surface area contributed by atoms with Crippen LogP contribution in [0.4, 0.5) is 0 Å². The molecule has 0 bridgehead atoms. The summed E-state index contributed by atoms with van der Waals surface area (Å²) >= 11 is 0. The first-order valence-electron chi connectivity index (χ1n) is 6.02. The predicted octanol–water partition coefficient (Wildman–Crippen LogP) is 2.66. The molecular weight excluding hydrogens is 214 g/mol. The lowest BCUT2D eigenvalue weighted by Crippen LogP contribution is -2.16. The van der Waals surface area contributed by atoms with Crippen LogP contribution < -0.4 is 0 Å². The minimum Gasteiger partial charge on any atom is -0.374 e. The van der Waals surface area contributed by atoms with Crippen LogP contribution in [0.3, 0.4) is 0 Å². The fourth-order valence-electron chi connectivity index (χ4n) is 2.04. The number of nitrogens with zero attached hydrogens (tertiary/aromatic N) is 1. The number of benzene rings is 1. The van der Waals surface area contributed by atoms with Gasteiger partial charge in [-0.2, -0.15) is 5.26 Å². The molecule has 1 saturated heterocycles. The van der Waals surface area contributed by atoms with Crippen molar-refractivity contribution in [1.29, 1.82) is 5.26 Å². The van der Waals surface area contributed by atoms with Crippen molar-refractivity contribution in [3.8, 4) is 6.07 Å². The van der Waals surface area contributed by atoms with Crippen molar-refractivity contribution in [2.75, 3.05) is 6.61 Å². The Kier molecular flexibility index (Phi) is 4.54. The second kappa shape index (κ2) is 6.39. The van der Waals surface area contributed by atoms with E-state index in [1.54, 1.807) is 0 Å². The highest BCUT2D eigenvalue weighted by atomic mass is 16.5. The molecule has 17 heavy (non-hydrogen) atoms. The van der Waals surface area contributed by atoms with Gasteiger partial charge >= 0.3 is 0 Å². The Morgan fingerprint density at radius 3 is 2.76 bits per heavy atom. The summed E-state index contributed by atoms with van der Waals surface area (Å²) in [5.74, 6) is 0. The maximum absolute atomic E-state index is 8.58. The van der Waals surface area contributed by atoms with Crippen molar-refractivity contribution >= 4 is 0 Å². The van der Waals surface area contributed by atoms with E-state index < -0.39 is 0 Å². The number of rotatable bonds is 5. The molecule has 2 rings (SSSR count). The first kappa shape index (κ1) is 12.1. The molecule has 0 saturated carbocycles. The quantitative estimate of drug-likeness (QED) is 0.782. The molecule has 1 aliphatic rings. The van der Waals surface area contributed by atoms with Crippen molar-refractivity contribution in [2.24, 2.45) is 0 Å². The van der Waals surface area contributed by atoms with Gasteiger partial charge in [0, 0.05) is 0 Å². The standard InChI is InChI=1S/C14H17NO2/c15-9-8-13-6-7-14(17-13)11-16-10-12-4-2-1-3-5-12/h1-5,13-14H,6-8,10-11H2/t13-,14-/m0/s1. The highest BCUT2D eigenvalue weighted by Crippen LogP contribution is 2.22. The lowest BCUT2D eigenvalue weighted by atomic mass is 10.1. The lowest BCUT2D eigenvalue weighted by Gasteiger charge is -2.12. The van der Waals surface area contributed by atoms with E-state index in [-0.39, 0.29) is 12.2 Å². The molecule has 3 nitrogen and oxygen atoms in total. The van der Waals surface area contributed by atoms with Gasteiger partial charge in [-0.15, -0.1) is 0 Å². The predicted molar refractivity (Wildman–Crippen MR) is 64.2 cm³/mol. The molecule has 90 valence electrons. The van der Waals surface area contributed by atoms with Crippen LogP contribution in [-0.2, 0) is 16.1 Å². The van der Waals surface area contributed by atoms with Crippen LogP contribution in [0.2, 0.25) is 0 Å². The molecule has 0 aliphatic carbocycles. The maximum atomic E-state index is 8.58. The number of nitriles is 1. The van der Waals surface area contributed by atoms with Gasteiger partial charge in [0.05, 0.1) is 37.9 Å². The van der Waals surface area contributed by atoms with Gasteiger partial charge in [-0.3, -0.25) is 0 Å². The Bertz CT molecular complexity index is 372. The Hall–Kier alpha value is -1.37. The van der Waals surface area contributed by atoms with E-state index in [0.29, 0.717) is 19.6 Å². The molecule has 1 aromatic rings. The Balaban J connectivity index is 1.65. The Morgan fingerprint density at radius 1 is 1.24 bits per heavy atom. The van der Waals surface area contributed by atoms with E-state index in [1.165, 1.54) is 5.56 Å². The smallest absolute Gasteiger partial charge is 0.0813 e. The van der Waals surface area contributed by atoms with Gasteiger partial charge in [0.2, 0.25) is 0 Å². The van der Waals surface area contributed by atoms with E-state index in [1.807, 2.05) is 30.3 Å². The van der Waals surface area contributed by atoms with Crippen molar-refractivity contribution in [1.82, 2.24) is 0 Å². The fourth-order valence-corrected chi connectivity index (χ4v) is 2.04. The maximum Gasteiger partial charge on any atom is 0.0813 e. The van der Waals surface area contributed by atoms with Crippen LogP contribution in [0.25, 0.3) is 0 Å². The van der Waals surface area contributed by atoms with Crippen LogP contribution >= 0.6 is 0 Å². The molecule has 1 aromatic carbocycles. The Morgan fingerprint density at radius 2 is 2.00 bits per heavy atom. The Labute approximate surface area is 102 Å². The number of hydrogen-bond donors (Lipinski definition) is 0. The van der Waals surface area contributed by atoms with Crippen molar-refractivity contribution in [3.63, 3.8) is 0 Å². The molecule has 0 aromatic heterocycles. The first-order valence-corrected chi connectivity index (χ1v) is 6.02. The van der Waals surface area contributed by atoms with Gasteiger partial charge in [-0.1, -0.05) is 30.3 Å². The molecule has 0 radical (unpaired) electrons. The molecule has 1 aliphatic heterocycles. The number of ether oxygens (including phenoxy) is 2. The summed E-state index contributed by atoms with van der Waals surface area (Å²) in [6.45, 7) is 1.25.